The summed E-state index contributed by atoms with van der Waals surface area (Å²) in [4.78, 5) is 1.89. The van der Waals surface area contributed by atoms with Crippen molar-refractivity contribution in [2.24, 2.45) is 0 Å². The van der Waals surface area contributed by atoms with Gasteiger partial charge in [-0.05, 0) is 18.2 Å². The molecule has 0 unspecified atom stereocenters. The van der Waals surface area contributed by atoms with E-state index in [-0.39, 0.29) is 18.5 Å². The van der Waals surface area contributed by atoms with Crippen molar-refractivity contribution in [3.8, 4) is 0 Å². The Morgan fingerprint density at radius 3 is 3.07 bits per heavy atom. The number of rotatable bonds is 2. The van der Waals surface area contributed by atoms with Gasteiger partial charge in [0.15, 0.2) is 0 Å². The molecule has 76 valence electrons. The van der Waals surface area contributed by atoms with Crippen molar-refractivity contribution >= 4 is 5.69 Å². The third-order valence-corrected chi connectivity index (χ3v) is 2.27. The van der Waals surface area contributed by atoms with Crippen molar-refractivity contribution in [1.82, 2.24) is 0 Å². The summed E-state index contributed by atoms with van der Waals surface area (Å²) in [6, 6.07) is 6.36. The minimum atomic E-state index is -0.255. The molecule has 1 fully saturated rings. The number of aliphatic hydroxyl groups excluding tert-OH is 1. The lowest BCUT2D eigenvalue weighted by molar-refractivity contribution is 0.0645. The second kappa shape index (κ2) is 3.94. The number of hydrogen-bond acceptors (Lipinski definition) is 3. The van der Waals surface area contributed by atoms with E-state index in [1.165, 1.54) is 12.1 Å². The quantitative estimate of drug-likeness (QED) is 0.767. The molecule has 0 amide bonds. The smallest absolute Gasteiger partial charge is 0.125 e. The van der Waals surface area contributed by atoms with Crippen LogP contribution in [0.5, 0.6) is 0 Å². The molecule has 3 nitrogen and oxygen atoms in total. The van der Waals surface area contributed by atoms with E-state index in [0.717, 1.165) is 5.69 Å². The fraction of sp³-hybridized carbons (Fsp3) is 0.400. The van der Waals surface area contributed by atoms with Crippen LogP contribution in [0, 0.1) is 5.82 Å². The monoisotopic (exact) mass is 197 g/mol. The highest BCUT2D eigenvalue weighted by Crippen LogP contribution is 2.19. The first-order valence-corrected chi connectivity index (χ1v) is 4.52. The molecule has 1 atom stereocenters. The summed E-state index contributed by atoms with van der Waals surface area (Å²) < 4.78 is 18.1. The first-order valence-electron chi connectivity index (χ1n) is 4.52. The lowest BCUT2D eigenvalue weighted by Gasteiger charge is -2.15. The Morgan fingerprint density at radius 1 is 1.57 bits per heavy atom. The summed E-state index contributed by atoms with van der Waals surface area (Å²) in [7, 11) is 0. The normalized spacial score (nSPS) is 21.6. The predicted octanol–water partition coefficient (Wildman–Crippen LogP) is 0.981. The van der Waals surface area contributed by atoms with Gasteiger partial charge >= 0.3 is 0 Å². The largest absolute Gasteiger partial charge is 0.394 e. The molecule has 1 aromatic rings. The third kappa shape index (κ3) is 1.86. The van der Waals surface area contributed by atoms with Crippen LogP contribution in [0.4, 0.5) is 10.1 Å². The van der Waals surface area contributed by atoms with Gasteiger partial charge in [-0.1, -0.05) is 6.07 Å². The fourth-order valence-corrected chi connectivity index (χ4v) is 1.51. The van der Waals surface area contributed by atoms with Crippen molar-refractivity contribution in [2.75, 3.05) is 24.8 Å². The van der Waals surface area contributed by atoms with Crippen LogP contribution >= 0.6 is 0 Å². The molecule has 0 aliphatic carbocycles. The molecular weight excluding hydrogens is 185 g/mol. The van der Waals surface area contributed by atoms with E-state index in [2.05, 4.69) is 0 Å². The highest BCUT2D eigenvalue weighted by molar-refractivity contribution is 5.46. The minimum Gasteiger partial charge on any atom is -0.394 e. The molecule has 1 heterocycles. The van der Waals surface area contributed by atoms with Crippen molar-refractivity contribution in [1.29, 1.82) is 0 Å². The molecule has 14 heavy (non-hydrogen) atoms. The SMILES string of the molecule is OC[C@H]1CN(c2cccc(F)c2)CO1. The lowest BCUT2D eigenvalue weighted by atomic mass is 10.3. The lowest BCUT2D eigenvalue weighted by Crippen LogP contribution is -2.23. The molecule has 0 saturated carbocycles. The Kier molecular flexibility index (Phi) is 2.65. The van der Waals surface area contributed by atoms with E-state index < -0.39 is 0 Å². The van der Waals surface area contributed by atoms with Gasteiger partial charge in [-0.3, -0.25) is 0 Å². The molecule has 0 bridgehead atoms. The van der Waals surface area contributed by atoms with E-state index in [9.17, 15) is 4.39 Å². The van der Waals surface area contributed by atoms with Gasteiger partial charge in [0.25, 0.3) is 0 Å². The minimum absolute atomic E-state index is 0.00577. The Morgan fingerprint density at radius 2 is 2.43 bits per heavy atom. The molecule has 1 saturated heterocycles. The van der Waals surface area contributed by atoms with Gasteiger partial charge in [0.1, 0.15) is 18.7 Å². The number of hydrogen-bond donors (Lipinski definition) is 1. The average Bonchev–Trinajstić information content (AvgIpc) is 2.66. The van der Waals surface area contributed by atoms with Gasteiger partial charge < -0.3 is 14.7 Å². The second-order valence-corrected chi connectivity index (χ2v) is 3.30. The average molecular weight is 197 g/mol. The van der Waals surface area contributed by atoms with Gasteiger partial charge in [-0.2, -0.15) is 0 Å². The van der Waals surface area contributed by atoms with Gasteiger partial charge in [0, 0.05) is 12.2 Å². The van der Waals surface area contributed by atoms with Crippen molar-refractivity contribution < 1.29 is 14.2 Å². The molecule has 1 aromatic carbocycles. The highest BCUT2D eigenvalue weighted by Gasteiger charge is 2.22. The Hall–Kier alpha value is -1.13. The standard InChI is InChI=1S/C10H12FNO2/c11-8-2-1-3-9(4-8)12-5-10(6-13)14-7-12/h1-4,10,13H,5-7H2/t10-/m1/s1. The van der Waals surface area contributed by atoms with Crippen LogP contribution in [-0.2, 0) is 4.74 Å². The van der Waals surface area contributed by atoms with E-state index in [4.69, 9.17) is 9.84 Å². The molecule has 1 aliphatic rings. The zero-order chi connectivity index (χ0) is 9.97. The molecule has 0 radical (unpaired) electrons. The first-order chi connectivity index (χ1) is 6.79. The molecule has 2 rings (SSSR count). The summed E-state index contributed by atoms with van der Waals surface area (Å²) in [5.74, 6) is -0.255. The maximum atomic E-state index is 12.9. The predicted molar refractivity (Wildman–Crippen MR) is 50.6 cm³/mol. The topological polar surface area (TPSA) is 32.7 Å². The van der Waals surface area contributed by atoms with Crippen molar-refractivity contribution in [2.45, 2.75) is 6.10 Å². The fourth-order valence-electron chi connectivity index (χ4n) is 1.51. The Bertz CT molecular complexity index is 319. The van der Waals surface area contributed by atoms with Crippen LogP contribution in [0.3, 0.4) is 0 Å². The summed E-state index contributed by atoms with van der Waals surface area (Å²) in [5.41, 5.74) is 0.793. The van der Waals surface area contributed by atoms with E-state index in [1.54, 1.807) is 6.07 Å². The number of ether oxygens (including phenoxy) is 1. The summed E-state index contributed by atoms with van der Waals surface area (Å²) in [6.07, 6.45) is -0.154. The van der Waals surface area contributed by atoms with Crippen LogP contribution in [-0.4, -0.2) is 31.1 Å². The van der Waals surface area contributed by atoms with Crippen LogP contribution in [0.25, 0.3) is 0 Å². The first kappa shape index (κ1) is 9.43. The summed E-state index contributed by atoms with van der Waals surface area (Å²) in [5, 5.41) is 8.86. The van der Waals surface area contributed by atoms with Crippen LogP contribution in [0.2, 0.25) is 0 Å². The number of nitrogens with zero attached hydrogens (tertiary/aromatic N) is 1. The van der Waals surface area contributed by atoms with E-state index in [0.29, 0.717) is 13.3 Å². The Balaban J connectivity index is 2.09. The van der Waals surface area contributed by atoms with Crippen molar-refractivity contribution in [3.05, 3.63) is 30.1 Å². The van der Waals surface area contributed by atoms with E-state index in [1.807, 2.05) is 11.0 Å². The van der Waals surface area contributed by atoms with Gasteiger partial charge in [-0.15, -0.1) is 0 Å². The maximum Gasteiger partial charge on any atom is 0.125 e. The maximum absolute atomic E-state index is 12.9. The van der Waals surface area contributed by atoms with Gasteiger partial charge in [-0.25, -0.2) is 4.39 Å². The molecular formula is C10H12FNO2. The molecule has 0 aromatic heterocycles. The number of aliphatic hydroxyl groups is 1. The van der Waals surface area contributed by atoms with Crippen LogP contribution in [0.15, 0.2) is 24.3 Å². The number of anilines is 1. The van der Waals surface area contributed by atoms with E-state index >= 15 is 0 Å². The molecule has 1 aliphatic heterocycles. The van der Waals surface area contributed by atoms with Crippen LogP contribution < -0.4 is 4.90 Å². The van der Waals surface area contributed by atoms with Crippen molar-refractivity contribution in [3.63, 3.8) is 0 Å². The number of halogens is 1. The highest BCUT2D eigenvalue weighted by atomic mass is 19.1. The zero-order valence-corrected chi connectivity index (χ0v) is 7.69. The molecule has 4 heteroatoms. The van der Waals surface area contributed by atoms with Gasteiger partial charge in [0.2, 0.25) is 0 Å². The summed E-state index contributed by atoms with van der Waals surface area (Å²) >= 11 is 0. The second-order valence-electron chi connectivity index (χ2n) is 3.30. The third-order valence-electron chi connectivity index (χ3n) is 2.27. The Labute approximate surface area is 81.7 Å². The number of benzene rings is 1. The summed E-state index contributed by atoms with van der Waals surface area (Å²) in [6.45, 7) is 1.03. The zero-order valence-electron chi connectivity index (χ0n) is 7.69. The molecule has 0 spiro atoms. The van der Waals surface area contributed by atoms with Crippen LogP contribution in [0.1, 0.15) is 0 Å². The molecule has 1 N–H and O–H groups in total. The van der Waals surface area contributed by atoms with Gasteiger partial charge in [0.05, 0.1) is 6.61 Å².